The fraction of sp³-hybridized carbons (Fsp3) is 0.286. The van der Waals surface area contributed by atoms with Crippen molar-refractivity contribution < 1.29 is 22.7 Å². The van der Waals surface area contributed by atoms with Crippen molar-refractivity contribution >= 4 is 11.7 Å². The number of anilines is 1. The minimum atomic E-state index is -4.44. The lowest BCUT2D eigenvalue weighted by Crippen LogP contribution is -2.32. The van der Waals surface area contributed by atoms with E-state index in [2.05, 4.69) is 5.32 Å². The predicted octanol–water partition coefficient (Wildman–Crippen LogP) is 5.32. The van der Waals surface area contributed by atoms with Gasteiger partial charge in [0.2, 0.25) is 0 Å². The summed E-state index contributed by atoms with van der Waals surface area (Å²) in [4.78, 5) is 12.2. The first-order valence-corrected chi connectivity index (χ1v) is 8.72. The van der Waals surface area contributed by atoms with Crippen LogP contribution in [-0.4, -0.2) is 13.1 Å². The molecule has 0 aromatic heterocycles. The van der Waals surface area contributed by atoms with E-state index in [9.17, 15) is 18.0 Å². The van der Waals surface area contributed by atoms with Gasteiger partial charge in [-0.25, -0.2) is 4.79 Å². The smallest absolute Gasteiger partial charge is 0.416 e. The zero-order valence-electron chi connectivity index (χ0n) is 14.6. The summed E-state index contributed by atoms with van der Waals surface area (Å²) in [6, 6.07) is 10.4. The fourth-order valence-electron chi connectivity index (χ4n) is 4.24. The molecule has 1 heterocycles. The maximum absolute atomic E-state index is 13.6. The van der Waals surface area contributed by atoms with Gasteiger partial charge in [0.25, 0.3) is 0 Å². The monoisotopic (exact) mass is 373 g/mol. The molecule has 2 aliphatic rings. The van der Waals surface area contributed by atoms with E-state index >= 15 is 0 Å². The molecule has 0 radical (unpaired) electrons. The first-order valence-electron chi connectivity index (χ1n) is 8.72. The van der Waals surface area contributed by atoms with Crippen LogP contribution in [-0.2, 0) is 10.9 Å². The third-order valence-electron chi connectivity index (χ3n) is 5.40. The molecule has 2 aromatic rings. The lowest BCUT2D eigenvalue weighted by atomic mass is 9.75. The molecule has 27 heavy (non-hydrogen) atoms. The lowest BCUT2D eigenvalue weighted by molar-refractivity contribution is -0.138. The number of rotatable bonds is 2. The Morgan fingerprint density at radius 2 is 1.85 bits per heavy atom. The Labute approximate surface area is 154 Å². The number of methoxy groups -OCH3 is 1. The van der Waals surface area contributed by atoms with Crippen LogP contribution >= 0.6 is 0 Å². The van der Waals surface area contributed by atoms with Gasteiger partial charge in [-0.15, -0.1) is 0 Å². The second kappa shape index (κ2) is 6.44. The molecule has 0 saturated carbocycles. The van der Waals surface area contributed by atoms with Gasteiger partial charge in [-0.05, 0) is 35.6 Å². The number of ether oxygens (including phenoxy) is 1. The van der Waals surface area contributed by atoms with Crippen LogP contribution in [0.4, 0.5) is 18.9 Å². The number of carbonyl (C=O) groups excluding carboxylic acids is 1. The zero-order valence-corrected chi connectivity index (χ0v) is 14.6. The Bertz CT molecular complexity index is 920. The molecule has 0 bridgehead atoms. The summed E-state index contributed by atoms with van der Waals surface area (Å²) in [6.45, 7) is 0. The van der Waals surface area contributed by atoms with Crippen molar-refractivity contribution in [2.24, 2.45) is 5.92 Å². The summed E-state index contributed by atoms with van der Waals surface area (Å²) in [7, 11) is 1.29. The number of benzene rings is 2. The summed E-state index contributed by atoms with van der Waals surface area (Å²) >= 11 is 0. The number of hydrogen-bond donors (Lipinski definition) is 1. The first kappa shape index (κ1) is 17.6. The van der Waals surface area contributed by atoms with Crippen LogP contribution in [0.15, 0.2) is 54.6 Å². The summed E-state index contributed by atoms with van der Waals surface area (Å²) in [5, 5.41) is 3.24. The molecule has 0 unspecified atom stereocenters. The number of allylic oxidation sites excluding steroid dienone is 2. The molecule has 0 saturated heterocycles. The predicted molar refractivity (Wildman–Crippen MR) is 95.6 cm³/mol. The molecule has 3 atom stereocenters. The van der Waals surface area contributed by atoms with Crippen molar-refractivity contribution in [3.63, 3.8) is 0 Å². The molecule has 1 N–H and O–H groups in total. The molecular formula is C21H18F3NO2. The molecule has 0 spiro atoms. The minimum absolute atomic E-state index is 0.0443. The molecule has 0 amide bonds. The van der Waals surface area contributed by atoms with E-state index in [1.54, 1.807) is 18.2 Å². The van der Waals surface area contributed by atoms with E-state index in [0.717, 1.165) is 11.6 Å². The summed E-state index contributed by atoms with van der Waals surface area (Å²) < 4.78 is 45.6. The second-order valence-corrected chi connectivity index (χ2v) is 6.82. The van der Waals surface area contributed by atoms with Gasteiger partial charge in [0, 0.05) is 5.92 Å². The van der Waals surface area contributed by atoms with Crippen LogP contribution in [0.2, 0.25) is 0 Å². The maximum atomic E-state index is 13.6. The van der Waals surface area contributed by atoms with E-state index in [1.807, 2.05) is 18.2 Å². The highest BCUT2D eigenvalue weighted by Gasteiger charge is 2.43. The second-order valence-electron chi connectivity index (χ2n) is 6.82. The van der Waals surface area contributed by atoms with Crippen molar-refractivity contribution in [2.75, 3.05) is 12.4 Å². The Balaban J connectivity index is 1.87. The molecule has 3 nitrogen and oxygen atoms in total. The van der Waals surface area contributed by atoms with Gasteiger partial charge in [-0.2, -0.15) is 13.2 Å². The Hall–Kier alpha value is -2.76. The SMILES string of the molecule is COC(=O)c1cccc2c1N[C@H](c1ccccc1C(F)(F)F)[C@H]1CC=C[C@H]21. The zero-order chi connectivity index (χ0) is 19.2. The maximum Gasteiger partial charge on any atom is 0.416 e. The van der Waals surface area contributed by atoms with Crippen molar-refractivity contribution in [1.82, 2.24) is 0 Å². The topological polar surface area (TPSA) is 38.3 Å². The van der Waals surface area contributed by atoms with Crippen molar-refractivity contribution in [3.8, 4) is 0 Å². The number of para-hydroxylation sites is 1. The van der Waals surface area contributed by atoms with Gasteiger partial charge in [-0.3, -0.25) is 0 Å². The molecule has 4 rings (SSSR count). The van der Waals surface area contributed by atoms with Gasteiger partial charge in [0.1, 0.15) is 0 Å². The summed E-state index contributed by atoms with van der Waals surface area (Å²) in [6.07, 6.45) is 0.257. The van der Waals surface area contributed by atoms with Crippen LogP contribution in [0, 0.1) is 5.92 Å². The number of fused-ring (bicyclic) bond motifs is 3. The average Bonchev–Trinajstić information content (AvgIpc) is 3.15. The first-order chi connectivity index (χ1) is 12.9. The van der Waals surface area contributed by atoms with Crippen LogP contribution in [0.3, 0.4) is 0 Å². The average molecular weight is 373 g/mol. The number of alkyl halides is 3. The van der Waals surface area contributed by atoms with Gasteiger partial charge >= 0.3 is 12.1 Å². The van der Waals surface area contributed by atoms with Gasteiger partial charge in [-0.1, -0.05) is 42.5 Å². The number of hydrogen-bond acceptors (Lipinski definition) is 3. The number of nitrogens with one attached hydrogen (secondary N) is 1. The van der Waals surface area contributed by atoms with Crippen LogP contribution in [0.25, 0.3) is 0 Å². The Kier molecular flexibility index (Phi) is 4.21. The molecule has 6 heteroatoms. The van der Waals surface area contributed by atoms with Crippen molar-refractivity contribution in [2.45, 2.75) is 24.6 Å². The van der Waals surface area contributed by atoms with Gasteiger partial charge < -0.3 is 10.1 Å². The van der Waals surface area contributed by atoms with Crippen molar-refractivity contribution in [1.29, 1.82) is 0 Å². The summed E-state index contributed by atoms with van der Waals surface area (Å²) in [5.41, 5.74) is 1.36. The molecule has 1 aliphatic carbocycles. The van der Waals surface area contributed by atoms with Gasteiger partial charge in [0.05, 0.1) is 30.0 Å². The molecular weight excluding hydrogens is 355 g/mol. The van der Waals surface area contributed by atoms with Crippen molar-refractivity contribution in [3.05, 3.63) is 76.9 Å². The van der Waals surface area contributed by atoms with Crippen LogP contribution < -0.4 is 5.32 Å². The number of carbonyl (C=O) groups is 1. The quantitative estimate of drug-likeness (QED) is 0.572. The molecule has 1 aliphatic heterocycles. The Morgan fingerprint density at radius 1 is 1.11 bits per heavy atom. The van der Waals surface area contributed by atoms with E-state index in [0.29, 0.717) is 17.7 Å². The van der Waals surface area contributed by atoms with Gasteiger partial charge in [0.15, 0.2) is 0 Å². The van der Waals surface area contributed by atoms with E-state index in [4.69, 9.17) is 4.74 Å². The van der Waals surface area contributed by atoms with E-state index < -0.39 is 23.8 Å². The highest BCUT2D eigenvalue weighted by atomic mass is 19.4. The normalized spacial score (nSPS) is 23.3. The highest BCUT2D eigenvalue weighted by molar-refractivity contribution is 5.97. The lowest BCUT2D eigenvalue weighted by Gasteiger charge is -2.39. The van der Waals surface area contributed by atoms with E-state index in [1.165, 1.54) is 19.2 Å². The third kappa shape index (κ3) is 2.89. The molecule has 2 aromatic carbocycles. The number of esters is 1. The molecule has 140 valence electrons. The largest absolute Gasteiger partial charge is 0.465 e. The fourth-order valence-corrected chi connectivity index (χ4v) is 4.24. The Morgan fingerprint density at radius 3 is 2.59 bits per heavy atom. The van der Waals surface area contributed by atoms with Crippen LogP contribution in [0.1, 0.15) is 45.4 Å². The van der Waals surface area contributed by atoms with Crippen LogP contribution in [0.5, 0.6) is 0 Å². The summed E-state index contributed by atoms with van der Waals surface area (Å²) in [5.74, 6) is -0.603. The highest BCUT2D eigenvalue weighted by Crippen LogP contribution is 2.52. The number of halogens is 3. The minimum Gasteiger partial charge on any atom is -0.465 e. The molecule has 0 fully saturated rings. The van der Waals surface area contributed by atoms with E-state index in [-0.39, 0.29) is 17.4 Å². The standard InChI is InChI=1S/C21H18F3NO2/c1-27-20(26)16-10-5-9-14-12-7-4-8-13(12)18(25-19(14)16)15-6-2-3-11-17(15)21(22,23)24/h2-7,9-13,18,25H,8H2,1H3/t12-,13-,18-/m0/s1. The third-order valence-corrected chi connectivity index (χ3v) is 5.40.